The lowest BCUT2D eigenvalue weighted by atomic mass is 9.91. The van der Waals surface area contributed by atoms with Crippen molar-refractivity contribution in [2.75, 3.05) is 0 Å². The zero-order valence-electron chi connectivity index (χ0n) is 33.8. The predicted molar refractivity (Wildman–Crippen MR) is 242 cm³/mol. The molecule has 0 aliphatic heterocycles. The van der Waals surface area contributed by atoms with Gasteiger partial charge < -0.3 is 0 Å². The molecule has 7 nitrogen and oxygen atoms in total. The second kappa shape index (κ2) is 18.9. The largest absolute Gasteiger partial charge is 0.397 e. The number of halogens is 10. The summed E-state index contributed by atoms with van der Waals surface area (Å²) in [4.78, 5) is 1.25. The summed E-state index contributed by atoms with van der Waals surface area (Å²) in [5.74, 6) is -3.79. The second-order valence-electron chi connectivity index (χ2n) is 16.2. The van der Waals surface area contributed by atoms with Crippen LogP contribution in [0.4, 0.5) is 26.3 Å². The number of aromatic nitrogens is 4. The van der Waals surface area contributed by atoms with Crippen LogP contribution in [0.15, 0.2) is 58.1 Å². The van der Waals surface area contributed by atoms with E-state index in [1.807, 2.05) is 11.4 Å². The van der Waals surface area contributed by atoms with Gasteiger partial charge in [0.25, 0.3) is 0 Å². The molecule has 6 aromatic rings. The van der Waals surface area contributed by atoms with Gasteiger partial charge in [0.15, 0.2) is 0 Å². The van der Waals surface area contributed by atoms with Crippen molar-refractivity contribution in [1.82, 2.24) is 19.6 Å². The van der Waals surface area contributed by atoms with Crippen LogP contribution < -0.4 is 0 Å². The summed E-state index contributed by atoms with van der Waals surface area (Å²) < 4.78 is 127. The molecule has 2 aliphatic rings. The highest BCUT2D eigenvalue weighted by atomic mass is 35.5. The molecule has 20 heteroatoms. The summed E-state index contributed by atoms with van der Waals surface area (Å²) in [6.45, 7) is 0. The Hall–Kier alpha value is -3.09. The van der Waals surface area contributed by atoms with Crippen LogP contribution in [0, 0.1) is 0 Å². The van der Waals surface area contributed by atoms with E-state index >= 15 is 13.2 Å². The van der Waals surface area contributed by atoms with Gasteiger partial charge in [0.05, 0.1) is 65.8 Å². The maximum atomic E-state index is 15.1. The van der Waals surface area contributed by atoms with Crippen LogP contribution in [0.2, 0.25) is 20.1 Å². The normalized spacial score (nSPS) is 15.2. The molecule has 4 heterocycles. The van der Waals surface area contributed by atoms with Crippen LogP contribution in [-0.4, -0.2) is 44.9 Å². The van der Waals surface area contributed by atoms with Gasteiger partial charge in [-0.15, -0.1) is 22.7 Å². The first-order valence-electron chi connectivity index (χ1n) is 20.8. The molecular formula is C44H40Cl4F6N4O3S3. The summed E-state index contributed by atoms with van der Waals surface area (Å²) in [6, 6.07) is 12.6. The fourth-order valence-electron chi connectivity index (χ4n) is 8.99. The summed E-state index contributed by atoms with van der Waals surface area (Å²) in [7, 11) is -4.60. The van der Waals surface area contributed by atoms with Crippen molar-refractivity contribution in [3.05, 3.63) is 108 Å². The van der Waals surface area contributed by atoms with Crippen molar-refractivity contribution >= 4 is 79.2 Å². The predicted octanol–water partition coefficient (Wildman–Crippen LogP) is 15.5. The van der Waals surface area contributed by atoms with Gasteiger partial charge >= 0.3 is 22.5 Å². The average Bonchev–Trinajstić information content (AvgIpc) is 3.96. The molecule has 0 radical (unpaired) electrons. The molecule has 4 aromatic heterocycles. The standard InChI is InChI=1S/C44H40Cl4F6N4O3S3/c45-26-15-17-34(32(47)22-26)57-39-28(11-7-9-24-19-20-62-41(24)39)37(55-57)30(43(49,50)51)13-5-3-1-2-4-6-14-31(44(52,53)54)38-29-12-8-10-25-21-36(64(59,60)61)63-42(25)40(29)58(56-38)35-18-16-27(46)23-33(35)48/h15-23,30-31H,1-14H2,(H,59,60,61). The number of benzene rings is 2. The first-order valence-corrected chi connectivity index (χ1v) is 25.4. The number of unbranched alkanes of at least 4 members (excludes halogenated alkanes) is 5. The molecule has 0 saturated heterocycles. The Morgan fingerprint density at radius 1 is 0.641 bits per heavy atom. The van der Waals surface area contributed by atoms with Gasteiger partial charge in [0.2, 0.25) is 0 Å². The van der Waals surface area contributed by atoms with Crippen LogP contribution in [-0.2, 0) is 35.8 Å². The van der Waals surface area contributed by atoms with Crippen LogP contribution in [0.1, 0.15) is 110 Å². The Labute approximate surface area is 394 Å². The molecule has 0 bridgehead atoms. The highest BCUT2D eigenvalue weighted by molar-refractivity contribution is 7.88. The molecule has 0 saturated carbocycles. The first-order chi connectivity index (χ1) is 30.3. The number of hydrogen-bond donors (Lipinski definition) is 1. The van der Waals surface area contributed by atoms with E-state index in [1.165, 1.54) is 51.0 Å². The maximum Gasteiger partial charge on any atom is 0.397 e. The molecule has 1 N–H and O–H groups in total. The van der Waals surface area contributed by atoms with E-state index in [2.05, 4.69) is 10.2 Å². The van der Waals surface area contributed by atoms with E-state index in [4.69, 9.17) is 46.4 Å². The third-order valence-corrected chi connectivity index (χ3v) is 16.5. The van der Waals surface area contributed by atoms with Crippen LogP contribution in [0.5, 0.6) is 0 Å². The number of rotatable bonds is 14. The van der Waals surface area contributed by atoms with Gasteiger partial charge in [-0.1, -0.05) is 84.9 Å². The first kappa shape index (κ1) is 47.4. The van der Waals surface area contributed by atoms with Crippen molar-refractivity contribution in [1.29, 1.82) is 0 Å². The van der Waals surface area contributed by atoms with Crippen molar-refractivity contribution in [2.24, 2.45) is 0 Å². The van der Waals surface area contributed by atoms with Gasteiger partial charge in [0.1, 0.15) is 4.21 Å². The van der Waals surface area contributed by atoms with Gasteiger partial charge in [-0.05, 0) is 116 Å². The van der Waals surface area contributed by atoms with Crippen LogP contribution in [0.25, 0.3) is 32.5 Å². The zero-order chi connectivity index (χ0) is 45.7. The SMILES string of the molecule is O=S(=O)(O)c1cc2c(s1)-c1c(c(C(CCCCCCCCC(c3nn(-c4ccc(Cl)cc4Cl)c4c3CCCc3ccsc3-4)C(F)(F)F)C(F)(F)F)nn1-c1ccc(Cl)cc1Cl)CCC2. The summed E-state index contributed by atoms with van der Waals surface area (Å²) >= 11 is 27.7. The molecule has 0 fully saturated rings. The average molecular weight is 1020 g/mol. The Kier molecular flexibility index (Phi) is 14.0. The van der Waals surface area contributed by atoms with Crippen molar-refractivity contribution < 1.29 is 39.3 Å². The lowest BCUT2D eigenvalue weighted by Gasteiger charge is -2.20. The summed E-state index contributed by atoms with van der Waals surface area (Å²) in [6.07, 6.45) is -4.61. The van der Waals surface area contributed by atoms with Crippen molar-refractivity contribution in [3.8, 4) is 32.5 Å². The quantitative estimate of drug-likeness (QED) is 0.0667. The second-order valence-corrected chi connectivity index (χ2v) is 21.5. The smallest absolute Gasteiger partial charge is 0.281 e. The number of nitrogens with zero attached hydrogens (tertiary/aromatic N) is 4. The van der Waals surface area contributed by atoms with E-state index in [-0.39, 0.29) is 69.1 Å². The summed E-state index contributed by atoms with van der Waals surface area (Å²) in [5, 5.41) is 12.2. The Morgan fingerprint density at radius 2 is 1.11 bits per heavy atom. The molecule has 0 amide bonds. The number of thiophene rings is 2. The Morgan fingerprint density at radius 3 is 1.58 bits per heavy atom. The number of aryl methyl sites for hydroxylation is 2. The number of hydrogen-bond acceptors (Lipinski definition) is 6. The third kappa shape index (κ3) is 9.81. The minimum atomic E-state index is -4.69. The van der Waals surface area contributed by atoms with E-state index < -0.39 is 34.3 Å². The number of alkyl halides is 6. The van der Waals surface area contributed by atoms with Gasteiger partial charge in [-0.3, -0.25) is 4.55 Å². The fraction of sp³-hybridized carbons (Fsp3) is 0.409. The van der Waals surface area contributed by atoms with Gasteiger partial charge in [-0.2, -0.15) is 45.0 Å². The lowest BCUT2D eigenvalue weighted by Crippen LogP contribution is -2.23. The Balaban J connectivity index is 0.974. The fourth-order valence-corrected chi connectivity index (χ4v) is 12.9. The molecule has 2 unspecified atom stereocenters. The molecule has 2 aliphatic carbocycles. The molecule has 2 atom stereocenters. The molecule has 8 rings (SSSR count). The minimum Gasteiger partial charge on any atom is -0.281 e. The maximum absolute atomic E-state index is 15.1. The van der Waals surface area contributed by atoms with Crippen molar-refractivity contribution in [2.45, 2.75) is 118 Å². The third-order valence-electron chi connectivity index (χ3n) is 12.0. The molecule has 64 heavy (non-hydrogen) atoms. The minimum absolute atomic E-state index is 0.0131. The van der Waals surface area contributed by atoms with E-state index in [0.29, 0.717) is 94.4 Å². The lowest BCUT2D eigenvalue weighted by molar-refractivity contribution is -0.154. The highest BCUT2D eigenvalue weighted by Crippen LogP contribution is 2.49. The molecular weight excluding hydrogens is 985 g/mol. The Bertz CT molecular complexity index is 2800. The molecule has 0 spiro atoms. The van der Waals surface area contributed by atoms with Gasteiger partial charge in [-0.25, -0.2) is 9.36 Å². The monoisotopic (exact) mass is 1020 g/mol. The van der Waals surface area contributed by atoms with Crippen molar-refractivity contribution in [3.63, 3.8) is 0 Å². The summed E-state index contributed by atoms with van der Waals surface area (Å²) in [5.41, 5.74) is 3.88. The van der Waals surface area contributed by atoms with E-state index in [1.54, 1.807) is 12.1 Å². The topological polar surface area (TPSA) is 90.0 Å². The van der Waals surface area contributed by atoms with Gasteiger partial charge in [0, 0.05) is 21.2 Å². The van der Waals surface area contributed by atoms with Crippen LogP contribution >= 0.6 is 69.1 Å². The van der Waals surface area contributed by atoms with Crippen LogP contribution in [0.3, 0.4) is 0 Å². The van der Waals surface area contributed by atoms with E-state index in [0.717, 1.165) is 28.2 Å². The number of fused-ring (bicyclic) bond motifs is 6. The molecule has 342 valence electrons. The molecule has 2 aromatic carbocycles. The zero-order valence-corrected chi connectivity index (χ0v) is 39.3. The van der Waals surface area contributed by atoms with E-state index in [9.17, 15) is 26.1 Å². The highest BCUT2D eigenvalue weighted by Gasteiger charge is 2.46.